The maximum atomic E-state index is 13.5. The lowest BCUT2D eigenvalue weighted by Gasteiger charge is -2.11. The molecule has 1 amide bonds. The molecule has 3 aromatic rings. The first-order valence-electron chi connectivity index (χ1n) is 10.6. The normalized spacial score (nSPS) is 18.1. The number of thiazole rings is 1. The number of non-ortho nitro benzene ring substituents is 1. The van der Waals surface area contributed by atoms with Gasteiger partial charge in [0.15, 0.2) is 0 Å². The summed E-state index contributed by atoms with van der Waals surface area (Å²) in [4.78, 5) is 40.7. The van der Waals surface area contributed by atoms with Gasteiger partial charge in [-0.15, -0.1) is 17.9 Å². The largest absolute Gasteiger partial charge is 0.337 e. The fourth-order valence-electron chi connectivity index (χ4n) is 3.99. The van der Waals surface area contributed by atoms with Crippen molar-refractivity contribution >= 4 is 62.4 Å². The average Bonchev–Trinajstić information content (AvgIpc) is 3.45. The monoisotopic (exact) mass is 505 g/mol. The number of nitro groups is 1. The number of amides is 1. The molecule has 3 heterocycles. The van der Waals surface area contributed by atoms with Crippen molar-refractivity contribution in [1.29, 1.82) is 0 Å². The van der Waals surface area contributed by atoms with E-state index in [-0.39, 0.29) is 29.1 Å². The summed E-state index contributed by atoms with van der Waals surface area (Å²) in [6.07, 6.45) is 1.61. The van der Waals surface area contributed by atoms with E-state index in [1.807, 2.05) is 36.2 Å². The van der Waals surface area contributed by atoms with Crippen molar-refractivity contribution in [3.8, 4) is 0 Å². The number of hydrazone groups is 1. The van der Waals surface area contributed by atoms with Crippen LogP contribution in [0.15, 0.2) is 76.0 Å². The van der Waals surface area contributed by atoms with E-state index in [2.05, 4.69) is 11.7 Å². The summed E-state index contributed by atoms with van der Waals surface area (Å²) in [7, 11) is 1.91. The number of allylic oxidation sites excluding steroid dienone is 1. The molecule has 0 N–H and O–H groups in total. The summed E-state index contributed by atoms with van der Waals surface area (Å²) in [6, 6.07) is 13.6. The number of nitro benzene ring substituents is 1. The van der Waals surface area contributed by atoms with E-state index in [1.165, 1.54) is 45.9 Å². The van der Waals surface area contributed by atoms with Crippen molar-refractivity contribution in [2.24, 2.45) is 5.10 Å². The SMILES string of the molecule is C=CCn1c(=O)/c(=C2\Sc3ccccc3N2C)s/c1=C1/C(=O)N(c2cccc([N+](=O)[O-])c2)N=C1C. The molecule has 2 aromatic carbocycles. The predicted octanol–water partition coefficient (Wildman–Crippen LogP) is 2.89. The van der Waals surface area contributed by atoms with Gasteiger partial charge in [-0.25, -0.2) is 0 Å². The van der Waals surface area contributed by atoms with Gasteiger partial charge in [-0.3, -0.25) is 24.3 Å². The molecule has 0 atom stereocenters. The summed E-state index contributed by atoms with van der Waals surface area (Å²) in [6.45, 7) is 5.68. The van der Waals surface area contributed by atoms with Gasteiger partial charge in [0.25, 0.3) is 17.2 Å². The molecule has 2 aliphatic rings. The number of carbonyl (C=O) groups excluding carboxylic acids is 1. The summed E-state index contributed by atoms with van der Waals surface area (Å²) < 4.78 is 2.52. The molecule has 176 valence electrons. The summed E-state index contributed by atoms with van der Waals surface area (Å²) in [5.41, 5.74) is 1.65. The van der Waals surface area contributed by atoms with Crippen molar-refractivity contribution in [1.82, 2.24) is 4.57 Å². The van der Waals surface area contributed by atoms with Gasteiger partial charge in [0.2, 0.25) is 0 Å². The van der Waals surface area contributed by atoms with E-state index in [4.69, 9.17) is 0 Å². The molecule has 0 bridgehead atoms. The van der Waals surface area contributed by atoms with Gasteiger partial charge in [0.05, 0.1) is 27.6 Å². The molecule has 0 spiro atoms. The van der Waals surface area contributed by atoms with Crippen LogP contribution in [-0.2, 0) is 11.3 Å². The molecule has 1 aromatic heterocycles. The Bertz CT molecular complexity index is 1640. The molecule has 9 nitrogen and oxygen atoms in total. The van der Waals surface area contributed by atoms with Crippen LogP contribution >= 0.6 is 23.1 Å². The number of thioether (sulfide) groups is 1. The summed E-state index contributed by atoms with van der Waals surface area (Å²) in [5.74, 6) is -0.450. The van der Waals surface area contributed by atoms with Crippen LogP contribution in [0.4, 0.5) is 17.1 Å². The molecule has 0 saturated heterocycles. The van der Waals surface area contributed by atoms with Crippen LogP contribution in [0.25, 0.3) is 10.6 Å². The zero-order valence-corrected chi connectivity index (χ0v) is 20.4. The number of hydrogen-bond donors (Lipinski definition) is 0. The van der Waals surface area contributed by atoms with Crippen LogP contribution < -0.4 is 24.7 Å². The lowest BCUT2D eigenvalue weighted by molar-refractivity contribution is -0.384. The fourth-order valence-corrected chi connectivity index (χ4v) is 6.54. The second-order valence-electron chi connectivity index (χ2n) is 7.83. The highest BCUT2D eigenvalue weighted by atomic mass is 32.2. The Balaban J connectivity index is 1.71. The number of anilines is 2. The first-order chi connectivity index (χ1) is 16.8. The molecule has 0 unspecified atom stereocenters. The molecule has 35 heavy (non-hydrogen) atoms. The van der Waals surface area contributed by atoms with Crippen molar-refractivity contribution < 1.29 is 9.72 Å². The molecular formula is C24H19N5O4S2. The highest BCUT2D eigenvalue weighted by molar-refractivity contribution is 8.08. The quantitative estimate of drug-likeness (QED) is 0.307. The number of para-hydroxylation sites is 1. The topological polar surface area (TPSA) is 101 Å². The molecule has 0 fully saturated rings. The zero-order chi connectivity index (χ0) is 24.9. The minimum atomic E-state index is -0.524. The Hall–Kier alpha value is -3.96. The van der Waals surface area contributed by atoms with Crippen LogP contribution in [-0.4, -0.2) is 28.2 Å². The Morgan fingerprint density at radius 3 is 2.66 bits per heavy atom. The molecule has 2 aliphatic heterocycles. The number of fused-ring (bicyclic) bond motifs is 1. The third kappa shape index (κ3) is 3.69. The van der Waals surface area contributed by atoms with E-state index in [1.54, 1.807) is 19.1 Å². The lowest BCUT2D eigenvalue weighted by atomic mass is 10.2. The molecule has 0 aliphatic carbocycles. The molecule has 5 rings (SSSR count). The number of benzene rings is 2. The van der Waals surface area contributed by atoms with Crippen LogP contribution in [0.3, 0.4) is 0 Å². The van der Waals surface area contributed by atoms with E-state index < -0.39 is 10.8 Å². The lowest BCUT2D eigenvalue weighted by Crippen LogP contribution is -2.35. The zero-order valence-electron chi connectivity index (χ0n) is 18.8. The predicted molar refractivity (Wildman–Crippen MR) is 139 cm³/mol. The van der Waals surface area contributed by atoms with Gasteiger partial charge in [-0.2, -0.15) is 10.1 Å². The Kier molecular flexibility index (Phi) is 5.65. The summed E-state index contributed by atoms with van der Waals surface area (Å²) >= 11 is 2.75. The number of aromatic nitrogens is 1. The first-order valence-corrected chi connectivity index (χ1v) is 12.2. The highest BCUT2D eigenvalue weighted by Crippen LogP contribution is 2.44. The number of carbonyl (C=O) groups is 1. The Morgan fingerprint density at radius 1 is 1.17 bits per heavy atom. The van der Waals surface area contributed by atoms with Crippen LogP contribution in [0.5, 0.6) is 0 Å². The van der Waals surface area contributed by atoms with E-state index in [9.17, 15) is 19.7 Å². The fraction of sp³-hybridized carbons (Fsp3) is 0.125. The Labute approximate surface area is 207 Å². The van der Waals surface area contributed by atoms with Gasteiger partial charge in [0.1, 0.15) is 14.2 Å². The van der Waals surface area contributed by atoms with Crippen molar-refractivity contribution in [2.45, 2.75) is 18.4 Å². The van der Waals surface area contributed by atoms with Crippen molar-refractivity contribution in [3.63, 3.8) is 0 Å². The molecular weight excluding hydrogens is 486 g/mol. The van der Waals surface area contributed by atoms with Crippen molar-refractivity contribution in [3.05, 3.63) is 90.8 Å². The van der Waals surface area contributed by atoms with Crippen molar-refractivity contribution in [2.75, 3.05) is 17.0 Å². The van der Waals surface area contributed by atoms with Gasteiger partial charge in [-0.05, 0) is 25.1 Å². The summed E-state index contributed by atoms with van der Waals surface area (Å²) in [5, 5.41) is 17.5. The van der Waals surface area contributed by atoms with Crippen LogP contribution in [0.2, 0.25) is 0 Å². The van der Waals surface area contributed by atoms with Gasteiger partial charge in [-0.1, -0.05) is 36.0 Å². The third-order valence-corrected chi connectivity index (χ3v) is 8.20. The molecule has 0 radical (unpaired) electrons. The Morgan fingerprint density at radius 2 is 1.94 bits per heavy atom. The molecule has 0 saturated carbocycles. The number of hydrogen-bond acceptors (Lipinski definition) is 8. The standard InChI is InChI=1S/C24H19N5O4S2/c1-4-12-27-22(31)20(24-26(3)17-10-5-6-11-18(17)34-24)35-23(27)19-14(2)25-28(21(19)30)15-8-7-9-16(13-15)29(32)33/h4-11,13H,1,12H2,2-3H3/b23-19+,24-20+. The highest BCUT2D eigenvalue weighted by Gasteiger charge is 2.32. The van der Waals surface area contributed by atoms with Gasteiger partial charge >= 0.3 is 0 Å². The smallest absolute Gasteiger partial charge is 0.283 e. The van der Waals surface area contributed by atoms with Crippen LogP contribution in [0.1, 0.15) is 6.92 Å². The maximum absolute atomic E-state index is 13.5. The number of rotatable bonds is 4. The maximum Gasteiger partial charge on any atom is 0.283 e. The van der Waals surface area contributed by atoms with E-state index in [0.717, 1.165) is 20.6 Å². The first kappa shape index (κ1) is 22.8. The third-order valence-electron chi connectivity index (χ3n) is 5.64. The second kappa shape index (κ2) is 8.67. The van der Waals surface area contributed by atoms with Gasteiger partial charge < -0.3 is 4.90 Å². The van der Waals surface area contributed by atoms with Gasteiger partial charge in [0, 0.05) is 30.6 Å². The molecule has 11 heteroatoms. The van der Waals surface area contributed by atoms with E-state index >= 15 is 0 Å². The minimum Gasteiger partial charge on any atom is -0.337 e. The minimum absolute atomic E-state index is 0.143. The van der Waals surface area contributed by atoms with Crippen LogP contribution in [0, 0.1) is 10.1 Å². The average molecular weight is 506 g/mol. The number of nitrogens with zero attached hydrogens (tertiary/aromatic N) is 5. The second-order valence-corrected chi connectivity index (χ2v) is 9.86. The van der Waals surface area contributed by atoms with E-state index in [0.29, 0.717) is 14.9 Å².